The van der Waals surface area contributed by atoms with Crippen LogP contribution in [0.5, 0.6) is 0 Å². The van der Waals surface area contributed by atoms with Crippen LogP contribution in [-0.2, 0) is 13.1 Å². The first kappa shape index (κ1) is 19.1. The number of aromatic nitrogens is 3. The SMILES string of the molecule is CCn1nccc1C(=O)N1CCCC2(CCCN(Cc3cccc(C)n3)C2)C1. The Morgan fingerprint density at radius 3 is 2.75 bits per heavy atom. The van der Waals surface area contributed by atoms with Gasteiger partial charge in [0.15, 0.2) is 0 Å². The zero-order valence-electron chi connectivity index (χ0n) is 17.1. The van der Waals surface area contributed by atoms with Crippen molar-refractivity contribution in [1.82, 2.24) is 24.6 Å². The molecule has 0 N–H and O–H groups in total. The summed E-state index contributed by atoms with van der Waals surface area (Å²) in [6, 6.07) is 8.11. The summed E-state index contributed by atoms with van der Waals surface area (Å²) in [7, 11) is 0. The molecule has 1 atom stereocenters. The molecule has 2 aliphatic heterocycles. The molecule has 0 radical (unpaired) electrons. The number of hydrogen-bond donors (Lipinski definition) is 0. The van der Waals surface area contributed by atoms with E-state index in [0.29, 0.717) is 0 Å². The first-order chi connectivity index (χ1) is 13.6. The Morgan fingerprint density at radius 1 is 1.14 bits per heavy atom. The van der Waals surface area contributed by atoms with E-state index in [1.54, 1.807) is 10.9 Å². The average Bonchev–Trinajstić information content (AvgIpc) is 3.16. The molecule has 28 heavy (non-hydrogen) atoms. The van der Waals surface area contributed by atoms with Crippen molar-refractivity contribution in [3.63, 3.8) is 0 Å². The topological polar surface area (TPSA) is 54.3 Å². The molecule has 0 bridgehead atoms. The van der Waals surface area contributed by atoms with Gasteiger partial charge in [-0.25, -0.2) is 0 Å². The van der Waals surface area contributed by atoms with Crippen LogP contribution in [0.3, 0.4) is 0 Å². The van der Waals surface area contributed by atoms with Gasteiger partial charge in [0, 0.05) is 50.0 Å². The van der Waals surface area contributed by atoms with Crippen molar-refractivity contribution >= 4 is 5.91 Å². The number of nitrogens with zero attached hydrogens (tertiary/aromatic N) is 5. The maximum atomic E-state index is 13.1. The number of aryl methyl sites for hydroxylation is 2. The van der Waals surface area contributed by atoms with Gasteiger partial charge in [-0.2, -0.15) is 5.10 Å². The van der Waals surface area contributed by atoms with E-state index in [9.17, 15) is 4.79 Å². The Labute approximate surface area is 167 Å². The van der Waals surface area contributed by atoms with Gasteiger partial charge in [0.2, 0.25) is 0 Å². The molecule has 4 rings (SSSR count). The fourth-order valence-corrected chi connectivity index (χ4v) is 5.00. The summed E-state index contributed by atoms with van der Waals surface area (Å²) in [4.78, 5) is 22.4. The summed E-state index contributed by atoms with van der Waals surface area (Å²) >= 11 is 0. The largest absolute Gasteiger partial charge is 0.337 e. The number of likely N-dealkylation sites (tertiary alicyclic amines) is 2. The van der Waals surface area contributed by atoms with Crippen LogP contribution in [0, 0.1) is 12.3 Å². The van der Waals surface area contributed by atoms with Crippen LogP contribution in [-0.4, -0.2) is 56.7 Å². The average molecular weight is 382 g/mol. The maximum Gasteiger partial charge on any atom is 0.272 e. The van der Waals surface area contributed by atoms with E-state index in [-0.39, 0.29) is 11.3 Å². The molecule has 6 nitrogen and oxygen atoms in total. The van der Waals surface area contributed by atoms with Gasteiger partial charge in [-0.1, -0.05) is 6.07 Å². The minimum Gasteiger partial charge on any atom is -0.337 e. The van der Waals surface area contributed by atoms with Gasteiger partial charge in [-0.15, -0.1) is 0 Å². The molecule has 2 aromatic heterocycles. The van der Waals surface area contributed by atoms with Crippen LogP contribution in [0.25, 0.3) is 0 Å². The lowest BCUT2D eigenvalue weighted by Gasteiger charge is -2.48. The minimum atomic E-state index is 0.135. The molecule has 0 saturated carbocycles. The Kier molecular flexibility index (Phi) is 5.49. The lowest BCUT2D eigenvalue weighted by Crippen LogP contribution is -2.53. The highest BCUT2D eigenvalue weighted by atomic mass is 16.2. The molecule has 4 heterocycles. The number of carbonyl (C=O) groups is 1. The minimum absolute atomic E-state index is 0.135. The third-order valence-electron chi connectivity index (χ3n) is 6.26. The van der Waals surface area contributed by atoms with Crippen LogP contribution >= 0.6 is 0 Å². The van der Waals surface area contributed by atoms with Crippen LogP contribution in [0.2, 0.25) is 0 Å². The molecule has 2 aromatic rings. The third-order valence-corrected chi connectivity index (χ3v) is 6.26. The highest BCUT2D eigenvalue weighted by Gasteiger charge is 2.40. The van der Waals surface area contributed by atoms with Crippen molar-refractivity contribution in [3.8, 4) is 0 Å². The van der Waals surface area contributed by atoms with E-state index in [4.69, 9.17) is 0 Å². The Hall–Kier alpha value is -2.21. The summed E-state index contributed by atoms with van der Waals surface area (Å²) in [6.07, 6.45) is 6.43. The van der Waals surface area contributed by atoms with Gasteiger partial charge in [0.25, 0.3) is 5.91 Å². The normalized spacial score (nSPS) is 23.3. The number of hydrogen-bond acceptors (Lipinski definition) is 4. The number of pyridine rings is 1. The molecule has 0 aliphatic carbocycles. The second-order valence-electron chi connectivity index (χ2n) is 8.45. The smallest absolute Gasteiger partial charge is 0.272 e. The summed E-state index contributed by atoms with van der Waals surface area (Å²) in [5, 5.41) is 4.27. The standard InChI is InChI=1S/C22H31N5O/c1-3-27-20(9-12-23-27)21(28)26-14-6-11-22(17-26)10-5-13-25(16-22)15-19-8-4-7-18(2)24-19/h4,7-9,12H,3,5-6,10-11,13-17H2,1-2H3. The van der Waals surface area contributed by atoms with Crippen molar-refractivity contribution in [1.29, 1.82) is 0 Å². The molecule has 150 valence electrons. The number of piperidine rings is 2. The van der Waals surface area contributed by atoms with Gasteiger partial charge in [0.05, 0.1) is 5.69 Å². The number of amides is 1. The first-order valence-corrected chi connectivity index (χ1v) is 10.5. The van der Waals surface area contributed by atoms with Crippen LogP contribution in [0.4, 0.5) is 0 Å². The first-order valence-electron chi connectivity index (χ1n) is 10.5. The fraction of sp³-hybridized carbons (Fsp3) is 0.591. The Morgan fingerprint density at radius 2 is 1.96 bits per heavy atom. The zero-order valence-corrected chi connectivity index (χ0v) is 17.1. The lowest BCUT2D eigenvalue weighted by atomic mass is 9.73. The Bertz CT molecular complexity index is 828. The molecule has 0 aromatic carbocycles. The number of carbonyl (C=O) groups excluding carboxylic acids is 1. The van der Waals surface area contributed by atoms with Crippen molar-refractivity contribution in [2.45, 2.75) is 52.6 Å². The Balaban J connectivity index is 1.45. The van der Waals surface area contributed by atoms with Gasteiger partial charge in [-0.05, 0) is 64.3 Å². The molecule has 1 amide bonds. The monoisotopic (exact) mass is 381 g/mol. The summed E-state index contributed by atoms with van der Waals surface area (Å²) in [5.74, 6) is 0.135. The molecule has 1 spiro atoms. The predicted molar refractivity (Wildman–Crippen MR) is 109 cm³/mol. The van der Waals surface area contributed by atoms with Gasteiger partial charge >= 0.3 is 0 Å². The second kappa shape index (κ2) is 8.03. The van der Waals surface area contributed by atoms with Crippen LogP contribution in [0.1, 0.15) is 54.5 Å². The predicted octanol–water partition coefficient (Wildman–Crippen LogP) is 3.12. The van der Waals surface area contributed by atoms with Crippen molar-refractivity contribution in [2.75, 3.05) is 26.2 Å². The van der Waals surface area contributed by atoms with E-state index in [1.807, 2.05) is 26.0 Å². The molecular formula is C22H31N5O. The van der Waals surface area contributed by atoms with Gasteiger partial charge < -0.3 is 4.90 Å². The maximum absolute atomic E-state index is 13.1. The number of rotatable bonds is 4. The quantitative estimate of drug-likeness (QED) is 0.817. The lowest BCUT2D eigenvalue weighted by molar-refractivity contribution is 0.0105. The molecule has 2 aliphatic rings. The van der Waals surface area contributed by atoms with E-state index in [1.165, 1.54) is 19.3 Å². The molecule has 2 saturated heterocycles. The van der Waals surface area contributed by atoms with E-state index >= 15 is 0 Å². The highest BCUT2D eigenvalue weighted by molar-refractivity contribution is 5.92. The van der Waals surface area contributed by atoms with Crippen LogP contribution < -0.4 is 0 Å². The van der Waals surface area contributed by atoms with Crippen molar-refractivity contribution in [3.05, 3.63) is 47.5 Å². The third kappa shape index (κ3) is 3.97. The highest BCUT2D eigenvalue weighted by Crippen LogP contribution is 2.39. The summed E-state index contributed by atoms with van der Waals surface area (Å²) in [5.41, 5.74) is 3.16. The zero-order chi connectivity index (χ0) is 19.6. The second-order valence-corrected chi connectivity index (χ2v) is 8.45. The van der Waals surface area contributed by atoms with E-state index in [2.05, 4.69) is 32.0 Å². The van der Waals surface area contributed by atoms with E-state index < -0.39 is 0 Å². The molecule has 1 unspecified atom stereocenters. The van der Waals surface area contributed by atoms with Crippen molar-refractivity contribution < 1.29 is 4.79 Å². The van der Waals surface area contributed by atoms with Gasteiger partial charge in [0.1, 0.15) is 5.69 Å². The van der Waals surface area contributed by atoms with E-state index in [0.717, 1.165) is 62.8 Å². The van der Waals surface area contributed by atoms with Gasteiger partial charge in [-0.3, -0.25) is 19.4 Å². The molecule has 2 fully saturated rings. The fourth-order valence-electron chi connectivity index (χ4n) is 5.00. The summed E-state index contributed by atoms with van der Waals surface area (Å²) in [6.45, 7) is 9.59. The molecular weight excluding hydrogens is 350 g/mol. The molecule has 6 heteroatoms. The van der Waals surface area contributed by atoms with Crippen LogP contribution in [0.15, 0.2) is 30.5 Å². The summed E-state index contributed by atoms with van der Waals surface area (Å²) < 4.78 is 1.81. The van der Waals surface area contributed by atoms with Crippen molar-refractivity contribution in [2.24, 2.45) is 5.41 Å².